The number of likely N-dealkylation sites (tertiary alicyclic amines) is 1. The highest BCUT2D eigenvalue weighted by atomic mass is 127. The summed E-state index contributed by atoms with van der Waals surface area (Å²) in [7, 11) is 2.21. The second-order valence-corrected chi connectivity index (χ2v) is 7.51. The molecule has 3 nitrogen and oxygen atoms in total. The molecule has 1 aliphatic heterocycles. The van der Waals surface area contributed by atoms with Crippen molar-refractivity contribution < 1.29 is 0 Å². The first-order chi connectivity index (χ1) is 9.56. The fourth-order valence-corrected chi connectivity index (χ4v) is 3.68. The van der Waals surface area contributed by atoms with Crippen molar-refractivity contribution >= 4 is 45.2 Å². The molecule has 108 valence electrons. The zero-order chi connectivity index (χ0) is 14.3. The molecule has 1 saturated heterocycles. The molecule has 5 heteroatoms. The largest absolute Gasteiger partial charge is 0.325 e. The third-order valence-corrected chi connectivity index (χ3v) is 5.03. The van der Waals surface area contributed by atoms with Crippen molar-refractivity contribution in [3.63, 3.8) is 0 Å². The Balaban J connectivity index is 2.04. The first-order valence-electron chi connectivity index (χ1n) is 7.06. The number of aromatic nitrogens is 2. The van der Waals surface area contributed by atoms with Crippen LogP contribution in [-0.2, 0) is 6.54 Å². The number of benzene rings is 1. The Morgan fingerprint density at radius 2 is 2.30 bits per heavy atom. The van der Waals surface area contributed by atoms with Gasteiger partial charge in [0.05, 0.1) is 16.4 Å². The van der Waals surface area contributed by atoms with Crippen LogP contribution in [0.3, 0.4) is 0 Å². The van der Waals surface area contributed by atoms with Crippen LogP contribution in [0.25, 0.3) is 11.0 Å². The average Bonchev–Trinajstić information content (AvgIpc) is 2.95. The van der Waals surface area contributed by atoms with E-state index in [9.17, 15) is 0 Å². The van der Waals surface area contributed by atoms with Gasteiger partial charge in [-0.2, -0.15) is 0 Å². The lowest BCUT2D eigenvalue weighted by atomic mass is 10.2. The number of rotatable bonds is 3. The number of likely N-dealkylation sites (N-methyl/N-ethyl adjacent to an activating group) is 1. The van der Waals surface area contributed by atoms with Gasteiger partial charge in [0.25, 0.3) is 0 Å². The van der Waals surface area contributed by atoms with Gasteiger partial charge in [-0.25, -0.2) is 4.98 Å². The highest BCUT2D eigenvalue weighted by Gasteiger charge is 2.24. The number of fused-ring (bicyclic) bond motifs is 1. The summed E-state index contributed by atoms with van der Waals surface area (Å²) in [6, 6.07) is 7.04. The molecular weight excluding hydrogens is 385 g/mol. The predicted molar refractivity (Wildman–Crippen MR) is 92.4 cm³/mol. The van der Waals surface area contributed by atoms with E-state index in [1.54, 1.807) is 0 Å². The summed E-state index contributed by atoms with van der Waals surface area (Å²) in [6.07, 6.45) is 2.55. The molecular formula is C15H19ClIN3. The van der Waals surface area contributed by atoms with Crippen LogP contribution >= 0.6 is 34.2 Å². The van der Waals surface area contributed by atoms with Gasteiger partial charge in [-0.3, -0.25) is 0 Å². The van der Waals surface area contributed by atoms with Crippen molar-refractivity contribution in [2.45, 2.75) is 37.7 Å². The molecule has 0 saturated carbocycles. The lowest BCUT2D eigenvalue weighted by molar-refractivity contribution is 0.282. The van der Waals surface area contributed by atoms with Gasteiger partial charge < -0.3 is 9.47 Å². The number of hydrogen-bond donors (Lipinski definition) is 0. The molecule has 2 aromatic rings. The number of halogens is 2. The smallest absolute Gasteiger partial charge is 0.127 e. The van der Waals surface area contributed by atoms with Crippen LogP contribution < -0.4 is 0 Å². The number of hydrogen-bond acceptors (Lipinski definition) is 2. The Labute approximate surface area is 138 Å². The van der Waals surface area contributed by atoms with Gasteiger partial charge in [-0.1, -0.05) is 0 Å². The number of nitrogens with zero attached hydrogens (tertiary/aromatic N) is 3. The quantitative estimate of drug-likeness (QED) is 0.570. The van der Waals surface area contributed by atoms with Crippen molar-refractivity contribution in [3.05, 3.63) is 27.6 Å². The summed E-state index contributed by atoms with van der Waals surface area (Å²) in [4.78, 5) is 7.19. The second kappa shape index (κ2) is 5.81. The van der Waals surface area contributed by atoms with Gasteiger partial charge >= 0.3 is 0 Å². The number of imidazole rings is 1. The van der Waals surface area contributed by atoms with Gasteiger partial charge in [-0.15, -0.1) is 11.6 Å². The lowest BCUT2D eigenvalue weighted by Crippen LogP contribution is -2.30. The highest BCUT2D eigenvalue weighted by molar-refractivity contribution is 14.1. The van der Waals surface area contributed by atoms with E-state index in [4.69, 9.17) is 16.6 Å². The Hall–Kier alpha value is -0.330. The minimum atomic E-state index is -0.0632. The zero-order valence-electron chi connectivity index (χ0n) is 11.8. The van der Waals surface area contributed by atoms with Crippen LogP contribution in [0.2, 0.25) is 0 Å². The summed E-state index contributed by atoms with van der Waals surface area (Å²) in [5.41, 5.74) is 2.26. The summed E-state index contributed by atoms with van der Waals surface area (Å²) in [6.45, 7) is 4.18. The summed E-state index contributed by atoms with van der Waals surface area (Å²) >= 11 is 8.67. The van der Waals surface area contributed by atoms with E-state index in [0.29, 0.717) is 6.04 Å². The summed E-state index contributed by atoms with van der Waals surface area (Å²) < 4.78 is 3.53. The van der Waals surface area contributed by atoms with Crippen LogP contribution in [0.15, 0.2) is 18.2 Å². The molecule has 2 heterocycles. The first-order valence-corrected chi connectivity index (χ1v) is 8.58. The van der Waals surface area contributed by atoms with Gasteiger partial charge in [0.2, 0.25) is 0 Å². The maximum atomic E-state index is 6.34. The fourth-order valence-electron chi connectivity index (χ4n) is 3.04. The summed E-state index contributed by atoms with van der Waals surface area (Å²) in [5, 5.41) is -0.0632. The Morgan fingerprint density at radius 3 is 2.95 bits per heavy atom. The normalized spacial score (nSPS) is 21.7. The minimum absolute atomic E-state index is 0.0632. The van der Waals surface area contributed by atoms with Crippen LogP contribution in [0.5, 0.6) is 0 Å². The molecule has 3 rings (SSSR count). The molecule has 0 spiro atoms. The maximum Gasteiger partial charge on any atom is 0.127 e. The van der Waals surface area contributed by atoms with Gasteiger partial charge in [-0.05, 0) is 74.1 Å². The van der Waals surface area contributed by atoms with E-state index in [2.05, 4.69) is 57.3 Å². The third-order valence-electron chi connectivity index (χ3n) is 4.16. The van der Waals surface area contributed by atoms with Crippen LogP contribution in [0.1, 0.15) is 31.0 Å². The first kappa shape index (κ1) is 14.6. The van der Waals surface area contributed by atoms with Crippen molar-refractivity contribution in [1.29, 1.82) is 0 Å². The maximum absolute atomic E-state index is 6.34. The Bertz CT molecular complexity index is 623. The van der Waals surface area contributed by atoms with Crippen molar-refractivity contribution in [1.82, 2.24) is 14.5 Å². The Morgan fingerprint density at radius 1 is 1.50 bits per heavy atom. The molecule has 2 atom stereocenters. The lowest BCUT2D eigenvalue weighted by Gasteiger charge is -2.22. The van der Waals surface area contributed by atoms with E-state index >= 15 is 0 Å². The monoisotopic (exact) mass is 403 g/mol. The highest BCUT2D eigenvalue weighted by Crippen LogP contribution is 2.28. The van der Waals surface area contributed by atoms with Gasteiger partial charge in [0.1, 0.15) is 5.82 Å². The molecule has 0 N–H and O–H groups in total. The van der Waals surface area contributed by atoms with E-state index in [-0.39, 0.29) is 5.38 Å². The zero-order valence-corrected chi connectivity index (χ0v) is 14.7. The fraction of sp³-hybridized carbons (Fsp3) is 0.533. The molecule has 1 fully saturated rings. The van der Waals surface area contributed by atoms with E-state index in [1.165, 1.54) is 28.5 Å². The van der Waals surface area contributed by atoms with Crippen molar-refractivity contribution in [2.24, 2.45) is 0 Å². The molecule has 0 amide bonds. The standard InChI is InChI=1S/C15H19ClIN3/c1-10(16)15-18-13-8-11(17)5-6-14(13)20(15)9-12-4-3-7-19(12)2/h5-6,8,10,12H,3-4,7,9H2,1-2H3. The molecule has 1 aromatic heterocycles. The van der Waals surface area contributed by atoms with Crippen LogP contribution in [0, 0.1) is 3.57 Å². The average molecular weight is 404 g/mol. The van der Waals surface area contributed by atoms with Gasteiger partial charge in [0, 0.05) is 16.2 Å². The van der Waals surface area contributed by atoms with Crippen molar-refractivity contribution in [2.75, 3.05) is 13.6 Å². The van der Waals surface area contributed by atoms with E-state index < -0.39 is 0 Å². The molecule has 0 radical (unpaired) electrons. The SMILES string of the molecule is CC(Cl)c1nc2cc(I)ccc2n1CC1CCCN1C. The van der Waals surface area contributed by atoms with Gasteiger partial charge in [0.15, 0.2) is 0 Å². The predicted octanol–water partition coefficient (Wildman–Crippen LogP) is 4.03. The molecule has 1 aliphatic rings. The molecule has 0 aliphatic carbocycles. The van der Waals surface area contributed by atoms with Crippen LogP contribution in [-0.4, -0.2) is 34.1 Å². The topological polar surface area (TPSA) is 21.1 Å². The number of alkyl halides is 1. The summed E-state index contributed by atoms with van der Waals surface area (Å²) in [5.74, 6) is 0.990. The van der Waals surface area contributed by atoms with E-state index in [0.717, 1.165) is 17.9 Å². The Kier molecular flexibility index (Phi) is 4.24. The molecule has 0 bridgehead atoms. The third kappa shape index (κ3) is 2.70. The molecule has 1 aromatic carbocycles. The van der Waals surface area contributed by atoms with Crippen LogP contribution in [0.4, 0.5) is 0 Å². The van der Waals surface area contributed by atoms with Crippen molar-refractivity contribution in [3.8, 4) is 0 Å². The van der Waals surface area contributed by atoms with E-state index in [1.807, 2.05) is 6.92 Å². The molecule has 20 heavy (non-hydrogen) atoms. The second-order valence-electron chi connectivity index (χ2n) is 5.61. The molecule has 2 unspecified atom stereocenters. The minimum Gasteiger partial charge on any atom is -0.325 e.